The molecule has 0 aliphatic carbocycles. The van der Waals surface area contributed by atoms with Crippen molar-refractivity contribution in [3.63, 3.8) is 0 Å². The lowest BCUT2D eigenvalue weighted by Crippen LogP contribution is -2.30. The number of rotatable bonds is 4. The minimum Gasteiger partial charge on any atom is -0.278 e. The molecule has 2 aromatic heterocycles. The summed E-state index contributed by atoms with van der Waals surface area (Å²) >= 11 is 1.50. The first kappa shape index (κ1) is 18.8. The summed E-state index contributed by atoms with van der Waals surface area (Å²) < 4.78 is 1.07. The smallest absolute Gasteiger partial charge is 0.260 e. The van der Waals surface area contributed by atoms with Crippen LogP contribution in [0.5, 0.6) is 0 Å². The van der Waals surface area contributed by atoms with E-state index in [1.165, 1.54) is 11.3 Å². The lowest BCUT2D eigenvalue weighted by atomic mass is 10.1. The highest BCUT2D eigenvalue weighted by molar-refractivity contribution is 7.22. The van der Waals surface area contributed by atoms with Crippen LogP contribution in [0.4, 0.5) is 5.13 Å². The number of carbonyl (C=O) groups excluding carboxylic acids is 1. The molecule has 142 valence electrons. The first-order valence-corrected chi connectivity index (χ1v) is 9.96. The van der Waals surface area contributed by atoms with Crippen molar-refractivity contribution in [1.29, 1.82) is 5.26 Å². The van der Waals surface area contributed by atoms with Gasteiger partial charge in [0.25, 0.3) is 5.91 Å². The number of aryl methyl sites for hydroxylation is 2. The lowest BCUT2D eigenvalue weighted by molar-refractivity contribution is 0.0985. The van der Waals surface area contributed by atoms with E-state index >= 15 is 0 Å². The molecule has 5 nitrogen and oxygen atoms in total. The van der Waals surface area contributed by atoms with Gasteiger partial charge in [-0.05, 0) is 67.4 Å². The Morgan fingerprint density at radius 3 is 2.62 bits per heavy atom. The van der Waals surface area contributed by atoms with Gasteiger partial charge < -0.3 is 0 Å². The van der Waals surface area contributed by atoms with Crippen molar-refractivity contribution < 1.29 is 4.79 Å². The third kappa shape index (κ3) is 3.86. The topological polar surface area (TPSA) is 69.9 Å². The molecule has 0 saturated carbocycles. The van der Waals surface area contributed by atoms with Crippen molar-refractivity contribution >= 4 is 32.6 Å². The average Bonchev–Trinajstić information content (AvgIpc) is 3.16. The van der Waals surface area contributed by atoms with Gasteiger partial charge >= 0.3 is 0 Å². The van der Waals surface area contributed by atoms with Crippen LogP contribution < -0.4 is 4.90 Å². The standard InChI is InChI=1S/C23H18N4OS/c1-15-11-16(2)21-20(12-15)26-23(29-21)27(14-19-5-3-4-10-25-19)22(28)18-8-6-17(13-24)7-9-18/h3-12H,14H2,1-2H3. The number of amides is 1. The van der Waals surface area contributed by atoms with Crippen LogP contribution in [0.25, 0.3) is 10.2 Å². The zero-order chi connectivity index (χ0) is 20.4. The maximum absolute atomic E-state index is 13.4. The lowest BCUT2D eigenvalue weighted by Gasteiger charge is -2.19. The van der Waals surface area contributed by atoms with Gasteiger partial charge in [0.05, 0.1) is 34.1 Å². The van der Waals surface area contributed by atoms with Crippen molar-refractivity contribution in [2.45, 2.75) is 20.4 Å². The van der Waals surface area contributed by atoms with E-state index in [0.29, 0.717) is 22.8 Å². The van der Waals surface area contributed by atoms with Crippen LogP contribution in [0.1, 0.15) is 32.7 Å². The number of hydrogen-bond donors (Lipinski definition) is 0. The molecule has 0 N–H and O–H groups in total. The molecule has 0 bridgehead atoms. The predicted molar refractivity (Wildman–Crippen MR) is 115 cm³/mol. The maximum Gasteiger partial charge on any atom is 0.260 e. The van der Waals surface area contributed by atoms with Crippen LogP contribution >= 0.6 is 11.3 Å². The summed E-state index contributed by atoms with van der Waals surface area (Å²) in [7, 11) is 0. The highest BCUT2D eigenvalue weighted by Crippen LogP contribution is 2.33. The maximum atomic E-state index is 13.4. The number of thiazole rings is 1. The Labute approximate surface area is 172 Å². The van der Waals surface area contributed by atoms with Crippen molar-refractivity contribution in [2.24, 2.45) is 0 Å². The van der Waals surface area contributed by atoms with Crippen molar-refractivity contribution in [1.82, 2.24) is 9.97 Å². The van der Waals surface area contributed by atoms with E-state index < -0.39 is 0 Å². The summed E-state index contributed by atoms with van der Waals surface area (Å²) in [6.07, 6.45) is 1.71. The Morgan fingerprint density at radius 2 is 1.93 bits per heavy atom. The molecule has 0 fully saturated rings. The van der Waals surface area contributed by atoms with Crippen LogP contribution in [0.2, 0.25) is 0 Å². The SMILES string of the molecule is Cc1cc(C)c2sc(N(Cc3ccccn3)C(=O)c3ccc(C#N)cc3)nc2c1. The minimum atomic E-state index is -0.173. The number of fused-ring (bicyclic) bond motifs is 1. The molecule has 2 aromatic carbocycles. The van der Waals surface area contributed by atoms with Crippen molar-refractivity contribution in [3.8, 4) is 6.07 Å². The summed E-state index contributed by atoms with van der Waals surface area (Å²) in [5.74, 6) is -0.173. The van der Waals surface area contributed by atoms with E-state index in [-0.39, 0.29) is 5.91 Å². The molecular formula is C23H18N4OS. The Hall–Kier alpha value is -3.56. The Balaban J connectivity index is 1.78. The van der Waals surface area contributed by atoms with E-state index in [4.69, 9.17) is 10.2 Å². The molecule has 29 heavy (non-hydrogen) atoms. The fourth-order valence-corrected chi connectivity index (χ4v) is 4.22. The van der Waals surface area contributed by atoms with Crippen LogP contribution in [0, 0.1) is 25.2 Å². The first-order chi connectivity index (χ1) is 14.0. The quantitative estimate of drug-likeness (QED) is 0.484. The first-order valence-electron chi connectivity index (χ1n) is 9.15. The molecule has 2 heterocycles. The van der Waals surface area contributed by atoms with E-state index in [9.17, 15) is 4.79 Å². The Morgan fingerprint density at radius 1 is 1.14 bits per heavy atom. The molecule has 6 heteroatoms. The number of pyridine rings is 1. The molecule has 4 aromatic rings. The normalized spacial score (nSPS) is 10.7. The fourth-order valence-electron chi connectivity index (χ4n) is 3.20. The zero-order valence-corrected chi connectivity index (χ0v) is 16.9. The molecule has 0 aliphatic heterocycles. The fraction of sp³-hybridized carbons (Fsp3) is 0.130. The largest absolute Gasteiger partial charge is 0.278 e. The second-order valence-electron chi connectivity index (χ2n) is 6.83. The predicted octanol–water partition coefficient (Wildman–Crippen LogP) is 5.03. The molecule has 0 unspecified atom stereocenters. The Bertz CT molecular complexity index is 1220. The van der Waals surface area contributed by atoms with Crippen LogP contribution in [-0.4, -0.2) is 15.9 Å². The summed E-state index contributed by atoms with van der Waals surface area (Å²) in [5, 5.41) is 9.65. The molecule has 0 radical (unpaired) electrons. The number of nitriles is 1. The van der Waals surface area contributed by atoms with E-state index in [0.717, 1.165) is 27.0 Å². The number of benzene rings is 2. The summed E-state index contributed by atoms with van der Waals surface area (Å²) in [5.41, 5.74) is 4.98. The van der Waals surface area contributed by atoms with Gasteiger partial charge in [0, 0.05) is 11.8 Å². The second kappa shape index (κ2) is 7.82. The van der Waals surface area contributed by atoms with E-state index in [1.54, 1.807) is 35.4 Å². The van der Waals surface area contributed by atoms with Crippen molar-refractivity contribution in [3.05, 3.63) is 88.7 Å². The molecule has 0 spiro atoms. The van der Waals surface area contributed by atoms with Gasteiger partial charge in [0.15, 0.2) is 5.13 Å². The van der Waals surface area contributed by atoms with Crippen LogP contribution in [0.15, 0.2) is 60.8 Å². The number of anilines is 1. The van der Waals surface area contributed by atoms with Gasteiger partial charge in [0.2, 0.25) is 0 Å². The Kier molecular flexibility index (Phi) is 5.07. The van der Waals surface area contributed by atoms with Gasteiger partial charge in [-0.25, -0.2) is 4.98 Å². The second-order valence-corrected chi connectivity index (χ2v) is 7.81. The van der Waals surface area contributed by atoms with Gasteiger partial charge in [-0.15, -0.1) is 0 Å². The van der Waals surface area contributed by atoms with Gasteiger partial charge in [0.1, 0.15) is 0 Å². The van der Waals surface area contributed by atoms with E-state index in [2.05, 4.69) is 24.0 Å². The summed E-state index contributed by atoms with van der Waals surface area (Å²) in [6.45, 7) is 4.42. The monoisotopic (exact) mass is 398 g/mol. The van der Waals surface area contributed by atoms with Crippen LogP contribution in [-0.2, 0) is 6.54 Å². The summed E-state index contributed by atoms with van der Waals surface area (Å²) in [6, 6.07) is 18.5. The molecule has 0 atom stereocenters. The minimum absolute atomic E-state index is 0.173. The highest BCUT2D eigenvalue weighted by atomic mass is 32.1. The zero-order valence-electron chi connectivity index (χ0n) is 16.1. The average molecular weight is 398 g/mol. The number of hydrogen-bond acceptors (Lipinski definition) is 5. The third-order valence-electron chi connectivity index (χ3n) is 4.59. The molecule has 0 aliphatic rings. The number of nitrogens with zero attached hydrogens (tertiary/aromatic N) is 4. The van der Waals surface area contributed by atoms with Gasteiger partial charge in [-0.2, -0.15) is 5.26 Å². The molecule has 4 rings (SSSR count). The number of aromatic nitrogens is 2. The van der Waals surface area contributed by atoms with Gasteiger partial charge in [-0.1, -0.05) is 23.5 Å². The van der Waals surface area contributed by atoms with E-state index in [1.807, 2.05) is 31.2 Å². The molecule has 0 saturated heterocycles. The van der Waals surface area contributed by atoms with Gasteiger partial charge in [-0.3, -0.25) is 14.7 Å². The number of carbonyl (C=O) groups is 1. The molecule has 1 amide bonds. The molecular weight excluding hydrogens is 380 g/mol. The summed E-state index contributed by atoms with van der Waals surface area (Å²) in [4.78, 5) is 24.1. The van der Waals surface area contributed by atoms with Crippen molar-refractivity contribution in [2.75, 3.05) is 4.90 Å². The highest BCUT2D eigenvalue weighted by Gasteiger charge is 2.22. The van der Waals surface area contributed by atoms with Crippen LogP contribution in [0.3, 0.4) is 0 Å². The third-order valence-corrected chi connectivity index (χ3v) is 5.82.